The standard InChI is InChI=1S/C37H71N2O7P/c1-6-8-10-12-14-16-18-20-21-23-25-27-29-35(40)37(42)34(33-46-47(43,44)45-32-31-39(3,4)5)38-36(41)30-28-26-24-22-19-17-15-13-11-9-7-2/h6,8,14,16,21,23,34-35,37,40,42H,7,9-13,15,17-20,22,24-33H2,1-5H3,(H-,38,41,43,44)/b8-6+,16-14+,23-21+. The number of unbranched alkanes of at least 4 members (excludes halogenated alkanes) is 13. The Morgan fingerprint density at radius 3 is 1.83 bits per heavy atom. The maximum Gasteiger partial charge on any atom is 0.268 e. The van der Waals surface area contributed by atoms with Crippen LogP contribution in [0.5, 0.6) is 0 Å². The highest BCUT2D eigenvalue weighted by Gasteiger charge is 2.29. The van der Waals surface area contributed by atoms with Gasteiger partial charge in [-0.05, 0) is 58.3 Å². The van der Waals surface area contributed by atoms with Gasteiger partial charge in [-0.1, -0.05) is 108 Å². The summed E-state index contributed by atoms with van der Waals surface area (Å²) in [4.78, 5) is 25.2. The van der Waals surface area contributed by atoms with Gasteiger partial charge in [-0.15, -0.1) is 0 Å². The summed E-state index contributed by atoms with van der Waals surface area (Å²) in [5.74, 6) is -0.300. The number of carbonyl (C=O) groups excluding carboxylic acids is 1. The summed E-state index contributed by atoms with van der Waals surface area (Å²) >= 11 is 0. The largest absolute Gasteiger partial charge is 0.756 e. The quantitative estimate of drug-likeness (QED) is 0.0289. The van der Waals surface area contributed by atoms with Crippen molar-refractivity contribution >= 4 is 13.7 Å². The second-order valence-corrected chi connectivity index (χ2v) is 15.1. The maximum atomic E-state index is 12.8. The zero-order valence-corrected chi connectivity index (χ0v) is 31.5. The molecule has 0 aromatic carbocycles. The fourth-order valence-electron chi connectivity index (χ4n) is 5.00. The molecule has 0 radical (unpaired) electrons. The van der Waals surface area contributed by atoms with Crippen molar-refractivity contribution < 1.29 is 38.0 Å². The number of aliphatic hydroxyl groups excluding tert-OH is 2. The molecule has 0 heterocycles. The van der Waals surface area contributed by atoms with Crippen LogP contribution >= 0.6 is 7.82 Å². The van der Waals surface area contributed by atoms with Crippen LogP contribution in [-0.4, -0.2) is 79.8 Å². The molecule has 0 bridgehead atoms. The van der Waals surface area contributed by atoms with Crippen LogP contribution in [0, 0.1) is 0 Å². The monoisotopic (exact) mass is 686 g/mol. The summed E-state index contributed by atoms with van der Waals surface area (Å²) < 4.78 is 23.0. The number of phosphoric acid groups is 1. The van der Waals surface area contributed by atoms with Crippen molar-refractivity contribution in [3.63, 3.8) is 0 Å². The average molecular weight is 687 g/mol. The van der Waals surface area contributed by atoms with Crippen molar-refractivity contribution in [2.75, 3.05) is 40.9 Å². The van der Waals surface area contributed by atoms with E-state index >= 15 is 0 Å². The number of nitrogens with one attached hydrogen (secondary N) is 1. The average Bonchev–Trinajstić information content (AvgIpc) is 3.01. The first-order valence-corrected chi connectivity index (χ1v) is 19.8. The first kappa shape index (κ1) is 45.7. The van der Waals surface area contributed by atoms with Crippen molar-refractivity contribution in [3.05, 3.63) is 36.5 Å². The molecule has 0 aliphatic heterocycles. The number of hydrogen-bond donors (Lipinski definition) is 3. The van der Waals surface area contributed by atoms with Gasteiger partial charge in [0.2, 0.25) is 5.91 Å². The maximum absolute atomic E-state index is 12.8. The molecule has 4 unspecified atom stereocenters. The summed E-state index contributed by atoms with van der Waals surface area (Å²) in [6.07, 6.45) is 29.1. The molecule has 9 nitrogen and oxygen atoms in total. The van der Waals surface area contributed by atoms with E-state index in [0.29, 0.717) is 30.3 Å². The molecule has 0 spiro atoms. The zero-order chi connectivity index (χ0) is 35.2. The van der Waals surface area contributed by atoms with Crippen LogP contribution in [-0.2, 0) is 18.4 Å². The fourth-order valence-corrected chi connectivity index (χ4v) is 5.72. The second-order valence-electron chi connectivity index (χ2n) is 13.7. The van der Waals surface area contributed by atoms with E-state index in [4.69, 9.17) is 9.05 Å². The Balaban J connectivity index is 4.73. The summed E-state index contributed by atoms with van der Waals surface area (Å²) in [6.45, 7) is 4.14. The normalized spacial score (nSPS) is 15.8. The third kappa shape index (κ3) is 30.5. The van der Waals surface area contributed by atoms with Gasteiger partial charge in [-0.2, -0.15) is 0 Å². The highest BCUT2D eigenvalue weighted by Crippen LogP contribution is 2.38. The van der Waals surface area contributed by atoms with E-state index in [-0.39, 0.29) is 18.9 Å². The van der Waals surface area contributed by atoms with Crippen molar-refractivity contribution in [2.45, 2.75) is 154 Å². The lowest BCUT2D eigenvalue weighted by molar-refractivity contribution is -0.870. The van der Waals surface area contributed by atoms with Crippen LogP contribution in [0.3, 0.4) is 0 Å². The van der Waals surface area contributed by atoms with Crippen molar-refractivity contribution in [3.8, 4) is 0 Å². The SMILES string of the molecule is C/C=C/CC/C=C/CC/C=C/CCCC(O)C(O)C(COP(=O)([O-])OCC[N+](C)(C)C)NC(=O)CCCCCCCCCCCCC. The Bertz CT molecular complexity index is 888. The molecule has 0 fully saturated rings. The molecule has 47 heavy (non-hydrogen) atoms. The Morgan fingerprint density at radius 1 is 0.787 bits per heavy atom. The number of hydrogen-bond acceptors (Lipinski definition) is 7. The van der Waals surface area contributed by atoms with E-state index in [2.05, 4.69) is 48.7 Å². The predicted octanol–water partition coefficient (Wildman–Crippen LogP) is 7.52. The highest BCUT2D eigenvalue weighted by atomic mass is 31.2. The molecule has 0 saturated heterocycles. The first-order valence-electron chi connectivity index (χ1n) is 18.4. The van der Waals surface area contributed by atoms with E-state index in [0.717, 1.165) is 51.4 Å². The fraction of sp³-hybridized carbons (Fsp3) is 0.811. The zero-order valence-electron chi connectivity index (χ0n) is 30.6. The minimum atomic E-state index is -4.66. The number of nitrogens with zero attached hydrogens (tertiary/aromatic N) is 1. The van der Waals surface area contributed by atoms with E-state index in [1.54, 1.807) is 0 Å². The van der Waals surface area contributed by atoms with E-state index in [1.807, 2.05) is 28.1 Å². The van der Waals surface area contributed by atoms with Gasteiger partial charge in [0.1, 0.15) is 19.3 Å². The Morgan fingerprint density at radius 2 is 1.30 bits per heavy atom. The number of rotatable bonds is 32. The van der Waals surface area contributed by atoms with Crippen LogP contribution in [0.4, 0.5) is 0 Å². The molecule has 0 aromatic heterocycles. The highest BCUT2D eigenvalue weighted by molar-refractivity contribution is 7.45. The number of carbonyl (C=O) groups is 1. The van der Waals surface area contributed by atoms with E-state index in [9.17, 15) is 24.5 Å². The van der Waals surface area contributed by atoms with Gasteiger partial charge in [0.25, 0.3) is 7.82 Å². The minimum absolute atomic E-state index is 0.0499. The lowest BCUT2D eigenvalue weighted by atomic mass is 10.0. The Kier molecular flexibility index (Phi) is 28.8. The molecule has 1 amide bonds. The summed E-state index contributed by atoms with van der Waals surface area (Å²) in [5, 5.41) is 24.4. The number of likely N-dealkylation sites (N-methyl/N-ethyl adjacent to an activating group) is 1. The van der Waals surface area contributed by atoms with Gasteiger partial charge >= 0.3 is 0 Å². The van der Waals surface area contributed by atoms with Crippen LogP contribution in [0.15, 0.2) is 36.5 Å². The molecule has 0 aliphatic carbocycles. The van der Waals surface area contributed by atoms with Gasteiger partial charge < -0.3 is 34.0 Å². The number of phosphoric ester groups is 1. The van der Waals surface area contributed by atoms with Crippen LogP contribution in [0.2, 0.25) is 0 Å². The van der Waals surface area contributed by atoms with Crippen molar-refractivity contribution in [2.24, 2.45) is 0 Å². The third-order valence-electron chi connectivity index (χ3n) is 8.02. The Hall–Kier alpha value is -1.32. The van der Waals surface area contributed by atoms with Gasteiger partial charge in [0.15, 0.2) is 0 Å². The number of allylic oxidation sites excluding steroid dienone is 6. The van der Waals surface area contributed by atoms with Crippen LogP contribution in [0.25, 0.3) is 0 Å². The van der Waals surface area contributed by atoms with Crippen molar-refractivity contribution in [1.82, 2.24) is 5.32 Å². The molecule has 0 aliphatic rings. The van der Waals surface area contributed by atoms with E-state index < -0.39 is 32.7 Å². The molecule has 10 heteroatoms. The molecule has 0 rings (SSSR count). The van der Waals surface area contributed by atoms with Crippen LogP contribution in [0.1, 0.15) is 136 Å². The molecule has 0 saturated carbocycles. The number of amides is 1. The molecule has 3 N–H and O–H groups in total. The van der Waals surface area contributed by atoms with Gasteiger partial charge in [-0.3, -0.25) is 9.36 Å². The molecule has 4 atom stereocenters. The molecule has 0 aromatic rings. The molecular weight excluding hydrogens is 615 g/mol. The molecular formula is C37H71N2O7P. The van der Waals surface area contributed by atoms with Gasteiger partial charge in [0.05, 0.1) is 39.9 Å². The van der Waals surface area contributed by atoms with Gasteiger partial charge in [-0.25, -0.2) is 0 Å². The number of quaternary nitrogens is 1. The summed E-state index contributed by atoms with van der Waals surface area (Å²) in [6, 6.07) is -1.09. The minimum Gasteiger partial charge on any atom is -0.756 e. The van der Waals surface area contributed by atoms with E-state index in [1.165, 1.54) is 44.9 Å². The third-order valence-corrected chi connectivity index (χ3v) is 8.99. The Labute approximate surface area is 288 Å². The van der Waals surface area contributed by atoms with Crippen LogP contribution < -0.4 is 10.2 Å². The molecule has 276 valence electrons. The first-order chi connectivity index (χ1) is 22.4. The smallest absolute Gasteiger partial charge is 0.268 e. The predicted molar refractivity (Wildman–Crippen MR) is 193 cm³/mol. The van der Waals surface area contributed by atoms with Crippen molar-refractivity contribution in [1.29, 1.82) is 0 Å². The lowest BCUT2D eigenvalue weighted by Crippen LogP contribution is -2.51. The topological polar surface area (TPSA) is 128 Å². The summed E-state index contributed by atoms with van der Waals surface area (Å²) in [5.41, 5.74) is 0. The second kappa shape index (κ2) is 29.6. The number of aliphatic hydroxyl groups is 2. The lowest BCUT2D eigenvalue weighted by Gasteiger charge is -2.31. The van der Waals surface area contributed by atoms with Gasteiger partial charge in [0, 0.05) is 6.42 Å². The summed E-state index contributed by atoms with van der Waals surface area (Å²) in [7, 11) is 1.09.